The molecular weight excluding hydrogens is 845 g/mol. The van der Waals surface area contributed by atoms with Gasteiger partial charge in [-0.25, -0.2) is 0 Å². The van der Waals surface area contributed by atoms with E-state index in [1.54, 1.807) is 0 Å². The van der Waals surface area contributed by atoms with E-state index in [9.17, 15) is 0 Å². The number of benzene rings is 11. The third kappa shape index (κ3) is 4.55. The van der Waals surface area contributed by atoms with Crippen molar-refractivity contribution in [2.24, 2.45) is 0 Å². The van der Waals surface area contributed by atoms with Crippen LogP contribution in [0, 0.1) is 0 Å². The van der Waals surface area contributed by atoms with Crippen molar-refractivity contribution in [3.63, 3.8) is 0 Å². The molecule has 2 nitrogen and oxygen atoms in total. The Hall–Kier alpha value is -8.98. The van der Waals surface area contributed by atoms with Crippen LogP contribution in [0.15, 0.2) is 255 Å². The van der Waals surface area contributed by atoms with E-state index in [0.717, 1.165) is 17.1 Å². The SMILES string of the molecule is c1ccc(-c2ccccc2N(c2ccc3c(c2)C2(c4ccccc4-c4ccccc42)c2cccc4c5ccccc5n-3c24)c2cccc3c2-c2ccccc2C32c3ccccc3-c3ccccc32)cc1. The lowest BCUT2D eigenvalue weighted by Crippen LogP contribution is -2.33. The van der Waals surface area contributed by atoms with Gasteiger partial charge in [-0.1, -0.05) is 218 Å². The Balaban J connectivity index is 1.05. The third-order valence-electron chi connectivity index (χ3n) is 16.4. The van der Waals surface area contributed by atoms with Gasteiger partial charge in [0.05, 0.1) is 38.9 Å². The molecule has 0 amide bonds. The van der Waals surface area contributed by atoms with Crippen LogP contribution in [-0.2, 0) is 10.8 Å². The van der Waals surface area contributed by atoms with Gasteiger partial charge in [0, 0.05) is 27.6 Å². The average molecular weight is 887 g/mol. The minimum Gasteiger partial charge on any atom is -0.309 e. The van der Waals surface area contributed by atoms with Crippen LogP contribution in [0.3, 0.4) is 0 Å². The van der Waals surface area contributed by atoms with Crippen molar-refractivity contribution in [1.82, 2.24) is 4.57 Å². The van der Waals surface area contributed by atoms with Crippen molar-refractivity contribution in [1.29, 1.82) is 0 Å². The van der Waals surface area contributed by atoms with E-state index >= 15 is 0 Å². The summed E-state index contributed by atoms with van der Waals surface area (Å²) in [5.74, 6) is 0. The summed E-state index contributed by atoms with van der Waals surface area (Å²) in [6.07, 6.45) is 0. The second-order valence-electron chi connectivity index (χ2n) is 19.4. The number of rotatable bonds is 4. The van der Waals surface area contributed by atoms with Crippen LogP contribution in [-0.4, -0.2) is 4.57 Å². The Labute approximate surface area is 406 Å². The highest BCUT2D eigenvalue weighted by atomic mass is 15.2. The molecule has 70 heavy (non-hydrogen) atoms. The Morgan fingerprint density at radius 1 is 0.300 bits per heavy atom. The molecule has 2 heterocycles. The predicted octanol–water partition coefficient (Wildman–Crippen LogP) is 16.9. The highest BCUT2D eigenvalue weighted by molar-refractivity contribution is 6.13. The number of fused-ring (bicyclic) bond motifs is 22. The smallest absolute Gasteiger partial charge is 0.0755 e. The summed E-state index contributed by atoms with van der Waals surface area (Å²) in [6, 6.07) is 96.1. The molecule has 3 aliphatic carbocycles. The summed E-state index contributed by atoms with van der Waals surface area (Å²) in [5, 5.41) is 2.55. The van der Waals surface area contributed by atoms with Gasteiger partial charge < -0.3 is 9.47 Å². The van der Waals surface area contributed by atoms with Gasteiger partial charge in [-0.15, -0.1) is 0 Å². The van der Waals surface area contributed by atoms with E-state index in [1.165, 1.54) is 117 Å². The summed E-state index contributed by atoms with van der Waals surface area (Å²) in [5.41, 5.74) is 26.6. The van der Waals surface area contributed by atoms with Crippen molar-refractivity contribution in [2.45, 2.75) is 10.8 Å². The van der Waals surface area contributed by atoms with E-state index in [4.69, 9.17) is 0 Å². The summed E-state index contributed by atoms with van der Waals surface area (Å²) in [6.45, 7) is 0. The summed E-state index contributed by atoms with van der Waals surface area (Å²) < 4.78 is 2.56. The van der Waals surface area contributed by atoms with Crippen molar-refractivity contribution in [2.75, 3.05) is 4.90 Å². The molecule has 0 atom stereocenters. The Bertz CT molecular complexity index is 4120. The molecule has 2 heteroatoms. The number of para-hydroxylation sites is 3. The summed E-state index contributed by atoms with van der Waals surface area (Å²) in [7, 11) is 0. The largest absolute Gasteiger partial charge is 0.309 e. The Kier molecular flexibility index (Phi) is 7.51. The monoisotopic (exact) mass is 886 g/mol. The molecule has 4 aliphatic rings. The average Bonchev–Trinajstić information content (AvgIpc) is 4.13. The molecule has 1 aliphatic heterocycles. The summed E-state index contributed by atoms with van der Waals surface area (Å²) >= 11 is 0. The molecule has 11 aromatic carbocycles. The molecule has 324 valence electrons. The number of aromatic nitrogens is 1. The maximum Gasteiger partial charge on any atom is 0.0755 e. The van der Waals surface area contributed by atoms with Crippen molar-refractivity contribution in [3.8, 4) is 50.2 Å². The molecule has 0 fully saturated rings. The molecule has 0 radical (unpaired) electrons. The van der Waals surface area contributed by atoms with Crippen LogP contribution in [0.25, 0.3) is 72.0 Å². The maximum absolute atomic E-state index is 2.59. The lowest BCUT2D eigenvalue weighted by atomic mass is 9.65. The number of hydrogen-bond acceptors (Lipinski definition) is 1. The zero-order valence-electron chi connectivity index (χ0n) is 38.1. The van der Waals surface area contributed by atoms with E-state index in [1.807, 2.05) is 0 Å². The number of anilines is 3. The molecule has 0 N–H and O–H groups in total. The fraction of sp³-hybridized carbons (Fsp3) is 0.0294. The molecular formula is C68H42N2. The lowest BCUT2D eigenvalue weighted by Gasteiger charge is -2.40. The molecule has 2 spiro atoms. The first-order valence-corrected chi connectivity index (χ1v) is 24.5. The van der Waals surface area contributed by atoms with Crippen LogP contribution >= 0.6 is 0 Å². The fourth-order valence-electron chi connectivity index (χ4n) is 13.9. The highest BCUT2D eigenvalue weighted by Crippen LogP contribution is 2.66. The fourth-order valence-corrected chi connectivity index (χ4v) is 13.9. The predicted molar refractivity (Wildman–Crippen MR) is 288 cm³/mol. The maximum atomic E-state index is 2.59. The molecule has 0 unspecified atom stereocenters. The first kappa shape index (κ1) is 38.0. The molecule has 0 saturated carbocycles. The zero-order chi connectivity index (χ0) is 45.7. The van der Waals surface area contributed by atoms with Crippen LogP contribution in [0.4, 0.5) is 17.1 Å². The van der Waals surface area contributed by atoms with Crippen molar-refractivity contribution in [3.05, 3.63) is 299 Å². The number of nitrogens with zero attached hydrogens (tertiary/aromatic N) is 2. The molecule has 12 aromatic rings. The first-order valence-electron chi connectivity index (χ1n) is 24.5. The quantitative estimate of drug-likeness (QED) is 0.171. The lowest BCUT2D eigenvalue weighted by molar-refractivity contribution is 0.748. The Morgan fingerprint density at radius 2 is 0.757 bits per heavy atom. The van der Waals surface area contributed by atoms with Gasteiger partial charge in [0.1, 0.15) is 0 Å². The minimum atomic E-state index is -0.598. The van der Waals surface area contributed by atoms with Gasteiger partial charge in [0.25, 0.3) is 0 Å². The van der Waals surface area contributed by atoms with E-state index in [2.05, 4.69) is 264 Å². The highest BCUT2D eigenvalue weighted by Gasteiger charge is 2.54. The molecule has 1 aromatic heterocycles. The second kappa shape index (κ2) is 13.8. The molecule has 0 bridgehead atoms. The van der Waals surface area contributed by atoms with Crippen LogP contribution in [0.2, 0.25) is 0 Å². The van der Waals surface area contributed by atoms with Crippen LogP contribution in [0.5, 0.6) is 0 Å². The summed E-state index contributed by atoms with van der Waals surface area (Å²) in [4.78, 5) is 2.59. The first-order chi connectivity index (χ1) is 34.8. The van der Waals surface area contributed by atoms with Crippen LogP contribution < -0.4 is 4.90 Å². The van der Waals surface area contributed by atoms with Gasteiger partial charge in [-0.3, -0.25) is 0 Å². The second-order valence-corrected chi connectivity index (χ2v) is 19.4. The van der Waals surface area contributed by atoms with Crippen molar-refractivity contribution >= 4 is 38.9 Å². The standard InChI is InChI=1S/C68H42N2/c1-2-20-43(21-3-1)45-22-9-16-37-61(45)69(64-39-19-35-58-65(64)52-28-8-15-34-57(52)67(58)53-30-11-4-23-46(53)47-24-5-12-31-54(47)67)44-40-41-63-60(42-44)68(55-32-13-6-25-48(55)49-26-7-14-33-56(49)68)59-36-18-29-51-50-27-10-17-38-62(50)70(63)66(51)59/h1-42H. The van der Waals surface area contributed by atoms with Gasteiger partial charge in [0.2, 0.25) is 0 Å². The van der Waals surface area contributed by atoms with Gasteiger partial charge >= 0.3 is 0 Å². The zero-order valence-corrected chi connectivity index (χ0v) is 38.1. The van der Waals surface area contributed by atoms with E-state index in [-0.39, 0.29) is 0 Å². The normalized spacial score (nSPS) is 14.2. The van der Waals surface area contributed by atoms with E-state index < -0.39 is 10.8 Å². The van der Waals surface area contributed by atoms with Crippen molar-refractivity contribution < 1.29 is 0 Å². The van der Waals surface area contributed by atoms with Gasteiger partial charge in [-0.2, -0.15) is 0 Å². The molecule has 0 saturated heterocycles. The molecule has 16 rings (SSSR count). The topological polar surface area (TPSA) is 8.17 Å². The van der Waals surface area contributed by atoms with Gasteiger partial charge in [-0.05, 0) is 114 Å². The Morgan fingerprint density at radius 3 is 1.41 bits per heavy atom. The van der Waals surface area contributed by atoms with Gasteiger partial charge in [0.15, 0.2) is 0 Å². The number of hydrogen-bond donors (Lipinski definition) is 0. The third-order valence-corrected chi connectivity index (χ3v) is 16.4. The van der Waals surface area contributed by atoms with E-state index in [0.29, 0.717) is 0 Å². The van der Waals surface area contributed by atoms with Crippen LogP contribution in [0.1, 0.15) is 44.5 Å². The minimum absolute atomic E-state index is 0.485.